The second kappa shape index (κ2) is 8.55. The van der Waals surface area contributed by atoms with Crippen LogP contribution in [-0.4, -0.2) is 24.5 Å². The Hall–Kier alpha value is 0.250. The lowest BCUT2D eigenvalue weighted by molar-refractivity contribution is 0.313. The first-order chi connectivity index (χ1) is 6.36. The molecule has 86 valence electrons. The Kier molecular flexibility index (Phi) is 8.70. The molecule has 0 saturated carbocycles. The van der Waals surface area contributed by atoms with Crippen molar-refractivity contribution in [1.82, 2.24) is 4.90 Å². The van der Waals surface area contributed by atoms with Crippen molar-refractivity contribution in [3.8, 4) is 0 Å². The Morgan fingerprint density at radius 2 is 1.93 bits per heavy atom. The number of nitrogens with zero attached hydrogens (tertiary/aromatic N) is 1. The molecule has 0 radical (unpaired) electrons. The minimum Gasteiger partial charge on any atom is -0.303 e. The molecule has 0 N–H and O–H groups in total. The summed E-state index contributed by atoms with van der Waals surface area (Å²) in [5.41, 5.74) is 0. The van der Waals surface area contributed by atoms with Crippen molar-refractivity contribution < 1.29 is 0 Å². The van der Waals surface area contributed by atoms with Crippen LogP contribution in [0.3, 0.4) is 0 Å². The molecular weight excluding hydrogens is 194 g/mol. The van der Waals surface area contributed by atoms with Crippen LogP contribution >= 0.6 is 12.4 Å². The summed E-state index contributed by atoms with van der Waals surface area (Å²) >= 11 is 0. The molecule has 2 heteroatoms. The molecule has 0 aromatic rings. The zero-order chi connectivity index (χ0) is 9.52. The van der Waals surface area contributed by atoms with E-state index in [2.05, 4.69) is 18.7 Å². The highest BCUT2D eigenvalue weighted by molar-refractivity contribution is 5.85. The van der Waals surface area contributed by atoms with E-state index < -0.39 is 0 Å². The van der Waals surface area contributed by atoms with Crippen molar-refractivity contribution in [1.29, 1.82) is 0 Å². The van der Waals surface area contributed by atoms with Crippen LogP contribution in [0, 0.1) is 5.92 Å². The van der Waals surface area contributed by atoms with Crippen LogP contribution in [0.5, 0.6) is 0 Å². The van der Waals surface area contributed by atoms with Gasteiger partial charge in [-0.3, -0.25) is 0 Å². The maximum Gasteiger partial charge on any atom is 0.00100 e. The summed E-state index contributed by atoms with van der Waals surface area (Å²) < 4.78 is 0. The molecule has 1 unspecified atom stereocenters. The van der Waals surface area contributed by atoms with E-state index in [4.69, 9.17) is 0 Å². The Balaban J connectivity index is 0.00000169. The summed E-state index contributed by atoms with van der Waals surface area (Å²) in [7, 11) is 0. The van der Waals surface area contributed by atoms with E-state index in [0.717, 1.165) is 5.92 Å². The van der Waals surface area contributed by atoms with Crippen LogP contribution in [-0.2, 0) is 0 Å². The van der Waals surface area contributed by atoms with E-state index in [-0.39, 0.29) is 12.4 Å². The molecule has 1 aliphatic heterocycles. The smallest absolute Gasteiger partial charge is 0.00100 e. The largest absolute Gasteiger partial charge is 0.303 e. The molecule has 0 aromatic heterocycles. The fraction of sp³-hybridized carbons (Fsp3) is 1.00. The average molecular weight is 220 g/mol. The van der Waals surface area contributed by atoms with E-state index in [0.29, 0.717) is 0 Å². The van der Waals surface area contributed by atoms with Gasteiger partial charge in [0.15, 0.2) is 0 Å². The molecular formula is C12H26ClN. The van der Waals surface area contributed by atoms with Gasteiger partial charge in [-0.15, -0.1) is 12.4 Å². The first kappa shape index (κ1) is 14.2. The van der Waals surface area contributed by atoms with Gasteiger partial charge in [-0.2, -0.15) is 0 Å². The van der Waals surface area contributed by atoms with Gasteiger partial charge in [-0.05, 0) is 31.8 Å². The van der Waals surface area contributed by atoms with Gasteiger partial charge in [0.2, 0.25) is 0 Å². The minimum absolute atomic E-state index is 0. The molecule has 0 bridgehead atoms. The van der Waals surface area contributed by atoms with Crippen LogP contribution in [0.25, 0.3) is 0 Å². The third kappa shape index (κ3) is 5.21. The van der Waals surface area contributed by atoms with Crippen LogP contribution in [0.4, 0.5) is 0 Å². The Bertz CT molecular complexity index is 127. The maximum atomic E-state index is 2.66. The fourth-order valence-electron chi connectivity index (χ4n) is 2.21. The lowest BCUT2D eigenvalue weighted by Gasteiger charge is -2.14. The van der Waals surface area contributed by atoms with Crippen LogP contribution in [0.1, 0.15) is 52.4 Å². The molecule has 1 heterocycles. The number of unbranched alkanes of at least 4 members (excludes halogenated alkanes) is 3. The SMILES string of the molecule is CCCCCCN1CCC(CC)C1.Cl. The molecule has 0 spiro atoms. The normalized spacial score (nSPS) is 22.3. The fourth-order valence-corrected chi connectivity index (χ4v) is 2.21. The number of rotatable bonds is 6. The monoisotopic (exact) mass is 219 g/mol. The molecule has 1 nitrogen and oxygen atoms in total. The molecule has 0 amide bonds. The van der Waals surface area contributed by atoms with Gasteiger partial charge in [0, 0.05) is 6.54 Å². The topological polar surface area (TPSA) is 3.24 Å². The highest BCUT2D eigenvalue weighted by Gasteiger charge is 2.19. The van der Waals surface area contributed by atoms with Crippen molar-refractivity contribution >= 4 is 12.4 Å². The van der Waals surface area contributed by atoms with Crippen molar-refractivity contribution in [3.63, 3.8) is 0 Å². The molecule has 1 aliphatic rings. The molecule has 1 atom stereocenters. The Morgan fingerprint density at radius 3 is 2.50 bits per heavy atom. The van der Waals surface area contributed by atoms with Gasteiger partial charge in [-0.25, -0.2) is 0 Å². The zero-order valence-electron chi connectivity index (χ0n) is 9.80. The van der Waals surface area contributed by atoms with Gasteiger partial charge in [-0.1, -0.05) is 39.5 Å². The Morgan fingerprint density at radius 1 is 1.14 bits per heavy atom. The minimum atomic E-state index is 0. The van der Waals surface area contributed by atoms with Gasteiger partial charge in [0.25, 0.3) is 0 Å². The first-order valence-corrected chi connectivity index (χ1v) is 6.09. The molecule has 14 heavy (non-hydrogen) atoms. The molecule has 0 aliphatic carbocycles. The van der Waals surface area contributed by atoms with Crippen molar-refractivity contribution in [2.24, 2.45) is 5.92 Å². The zero-order valence-corrected chi connectivity index (χ0v) is 10.6. The van der Waals surface area contributed by atoms with E-state index in [1.54, 1.807) is 0 Å². The maximum absolute atomic E-state index is 2.66. The Labute approximate surface area is 95.7 Å². The predicted molar refractivity (Wildman–Crippen MR) is 66.2 cm³/mol. The van der Waals surface area contributed by atoms with Crippen molar-refractivity contribution in [2.45, 2.75) is 52.4 Å². The van der Waals surface area contributed by atoms with Gasteiger partial charge in [0.1, 0.15) is 0 Å². The third-order valence-electron chi connectivity index (χ3n) is 3.28. The van der Waals surface area contributed by atoms with E-state index in [1.165, 1.54) is 58.2 Å². The molecule has 1 fully saturated rings. The second-order valence-electron chi connectivity index (χ2n) is 4.42. The first-order valence-electron chi connectivity index (χ1n) is 6.09. The number of halogens is 1. The standard InChI is InChI=1S/C12H25N.ClH/c1-3-5-6-7-9-13-10-8-12(4-2)11-13;/h12H,3-11H2,1-2H3;1H. The summed E-state index contributed by atoms with van der Waals surface area (Å²) in [6.07, 6.45) is 8.46. The highest BCUT2D eigenvalue weighted by Crippen LogP contribution is 2.19. The number of hydrogen-bond donors (Lipinski definition) is 0. The summed E-state index contributed by atoms with van der Waals surface area (Å²) in [4.78, 5) is 2.66. The number of likely N-dealkylation sites (tertiary alicyclic amines) is 1. The highest BCUT2D eigenvalue weighted by atomic mass is 35.5. The molecule has 1 saturated heterocycles. The van der Waals surface area contributed by atoms with E-state index in [9.17, 15) is 0 Å². The summed E-state index contributed by atoms with van der Waals surface area (Å²) in [5.74, 6) is 1.01. The number of hydrogen-bond acceptors (Lipinski definition) is 1. The van der Waals surface area contributed by atoms with Crippen LogP contribution < -0.4 is 0 Å². The summed E-state index contributed by atoms with van der Waals surface area (Å²) in [6.45, 7) is 8.71. The van der Waals surface area contributed by atoms with Crippen molar-refractivity contribution in [2.75, 3.05) is 19.6 Å². The summed E-state index contributed by atoms with van der Waals surface area (Å²) in [5, 5.41) is 0. The molecule has 1 rings (SSSR count). The summed E-state index contributed by atoms with van der Waals surface area (Å²) in [6, 6.07) is 0. The lowest BCUT2D eigenvalue weighted by Crippen LogP contribution is -2.21. The average Bonchev–Trinajstić information content (AvgIpc) is 2.60. The lowest BCUT2D eigenvalue weighted by atomic mass is 10.1. The second-order valence-corrected chi connectivity index (χ2v) is 4.42. The van der Waals surface area contributed by atoms with Gasteiger partial charge < -0.3 is 4.90 Å². The van der Waals surface area contributed by atoms with E-state index in [1.807, 2.05) is 0 Å². The quantitative estimate of drug-likeness (QED) is 0.616. The predicted octanol–water partition coefficient (Wildman–Crippen LogP) is 3.72. The molecule has 0 aromatic carbocycles. The van der Waals surface area contributed by atoms with Crippen molar-refractivity contribution in [3.05, 3.63) is 0 Å². The van der Waals surface area contributed by atoms with Crippen LogP contribution in [0.15, 0.2) is 0 Å². The van der Waals surface area contributed by atoms with E-state index >= 15 is 0 Å². The van der Waals surface area contributed by atoms with Gasteiger partial charge in [0.05, 0.1) is 0 Å². The van der Waals surface area contributed by atoms with Gasteiger partial charge >= 0.3 is 0 Å². The van der Waals surface area contributed by atoms with Crippen LogP contribution in [0.2, 0.25) is 0 Å². The third-order valence-corrected chi connectivity index (χ3v) is 3.28.